The van der Waals surface area contributed by atoms with Crippen molar-refractivity contribution in [2.75, 3.05) is 18.4 Å². The molecule has 0 spiro atoms. The number of anilines is 1. The van der Waals surface area contributed by atoms with Gasteiger partial charge in [0.2, 0.25) is 0 Å². The van der Waals surface area contributed by atoms with Crippen LogP contribution in [-0.4, -0.2) is 29.9 Å². The predicted molar refractivity (Wildman–Crippen MR) is 111 cm³/mol. The van der Waals surface area contributed by atoms with Gasteiger partial charge in [-0.15, -0.1) is 0 Å². The highest BCUT2D eigenvalue weighted by molar-refractivity contribution is 7.80. The van der Waals surface area contributed by atoms with Gasteiger partial charge in [0.25, 0.3) is 0 Å². The van der Waals surface area contributed by atoms with Crippen molar-refractivity contribution >= 4 is 29.1 Å². The number of ether oxygens (including phenoxy) is 2. The first-order chi connectivity index (χ1) is 12.8. The number of carbonyl (C=O) groups is 1. The van der Waals surface area contributed by atoms with E-state index in [1.54, 1.807) is 0 Å². The minimum Gasteiger partial charge on any atom is -0.455 e. The maximum Gasteiger partial charge on any atom is 0.407 e. The Kier molecular flexibility index (Phi) is 7.43. The molecule has 7 heteroatoms. The maximum absolute atomic E-state index is 11.6. The molecule has 27 heavy (non-hydrogen) atoms. The SMILES string of the molecule is CC(C)(C)OC(=O)NCCNC(=S)Nc1ccccc1Oc1ccccc1. The fraction of sp³-hybridized carbons (Fsp3) is 0.300. The minimum absolute atomic E-state index is 0.388. The lowest BCUT2D eigenvalue weighted by Crippen LogP contribution is -2.39. The average Bonchev–Trinajstić information content (AvgIpc) is 2.60. The Morgan fingerprint density at radius 3 is 2.30 bits per heavy atom. The number of rotatable bonds is 6. The number of amides is 1. The standard InChI is InChI=1S/C20H25N3O3S/c1-20(2,3)26-19(24)22-14-13-21-18(27)23-16-11-7-8-12-17(16)25-15-9-5-4-6-10-15/h4-12H,13-14H2,1-3H3,(H,22,24)(H2,21,23,27). The van der Waals surface area contributed by atoms with Crippen LogP contribution in [0.5, 0.6) is 11.5 Å². The molecule has 0 aromatic heterocycles. The number of para-hydroxylation sites is 3. The highest BCUT2D eigenvalue weighted by atomic mass is 32.1. The lowest BCUT2D eigenvalue weighted by atomic mass is 10.2. The summed E-state index contributed by atoms with van der Waals surface area (Å²) in [6, 6.07) is 17.1. The second kappa shape index (κ2) is 9.78. The lowest BCUT2D eigenvalue weighted by Gasteiger charge is -2.20. The van der Waals surface area contributed by atoms with E-state index in [9.17, 15) is 4.79 Å². The van der Waals surface area contributed by atoms with Crippen LogP contribution in [0.3, 0.4) is 0 Å². The molecule has 6 nitrogen and oxygen atoms in total. The number of nitrogens with one attached hydrogen (secondary N) is 3. The average molecular weight is 388 g/mol. The van der Waals surface area contributed by atoms with Gasteiger partial charge in [-0.3, -0.25) is 0 Å². The molecule has 0 aliphatic carbocycles. The van der Waals surface area contributed by atoms with Gasteiger partial charge in [0.1, 0.15) is 11.4 Å². The van der Waals surface area contributed by atoms with Gasteiger partial charge in [-0.05, 0) is 57.3 Å². The zero-order valence-electron chi connectivity index (χ0n) is 15.7. The third-order valence-corrected chi connectivity index (χ3v) is 3.43. The van der Waals surface area contributed by atoms with E-state index in [0.29, 0.717) is 24.0 Å². The molecule has 2 aromatic carbocycles. The number of hydrogen-bond acceptors (Lipinski definition) is 4. The van der Waals surface area contributed by atoms with E-state index >= 15 is 0 Å². The Balaban J connectivity index is 1.80. The summed E-state index contributed by atoms with van der Waals surface area (Å²) in [5, 5.41) is 9.25. The highest BCUT2D eigenvalue weighted by Crippen LogP contribution is 2.28. The molecule has 1 amide bonds. The zero-order chi connectivity index (χ0) is 19.7. The summed E-state index contributed by atoms with van der Waals surface area (Å²) in [4.78, 5) is 11.6. The molecule has 0 saturated heterocycles. The van der Waals surface area contributed by atoms with Crippen molar-refractivity contribution < 1.29 is 14.3 Å². The fourth-order valence-electron chi connectivity index (χ4n) is 2.10. The molecule has 0 unspecified atom stereocenters. The third-order valence-electron chi connectivity index (χ3n) is 3.19. The minimum atomic E-state index is -0.517. The van der Waals surface area contributed by atoms with E-state index < -0.39 is 11.7 Å². The Morgan fingerprint density at radius 1 is 0.963 bits per heavy atom. The summed E-state index contributed by atoms with van der Waals surface area (Å²) >= 11 is 5.31. The molecule has 0 radical (unpaired) electrons. The summed E-state index contributed by atoms with van der Waals surface area (Å²) in [6.45, 7) is 6.31. The van der Waals surface area contributed by atoms with Crippen molar-refractivity contribution in [2.45, 2.75) is 26.4 Å². The van der Waals surface area contributed by atoms with Crippen molar-refractivity contribution in [3.63, 3.8) is 0 Å². The van der Waals surface area contributed by atoms with Crippen LogP contribution in [0.1, 0.15) is 20.8 Å². The quantitative estimate of drug-likeness (QED) is 0.507. The largest absolute Gasteiger partial charge is 0.455 e. The molecule has 2 rings (SSSR count). The van der Waals surface area contributed by atoms with E-state index in [1.165, 1.54) is 0 Å². The van der Waals surface area contributed by atoms with Gasteiger partial charge in [0.15, 0.2) is 10.9 Å². The zero-order valence-corrected chi connectivity index (χ0v) is 16.6. The molecular weight excluding hydrogens is 362 g/mol. The lowest BCUT2D eigenvalue weighted by molar-refractivity contribution is 0.0529. The molecule has 0 heterocycles. The molecule has 2 aromatic rings. The monoisotopic (exact) mass is 387 g/mol. The second-order valence-corrected chi connectivity index (χ2v) is 7.13. The maximum atomic E-state index is 11.6. The van der Waals surface area contributed by atoms with Crippen LogP contribution in [0, 0.1) is 0 Å². The Labute approximate surface area is 165 Å². The van der Waals surface area contributed by atoms with E-state index in [4.69, 9.17) is 21.7 Å². The van der Waals surface area contributed by atoms with Gasteiger partial charge in [-0.25, -0.2) is 4.79 Å². The number of carbonyl (C=O) groups excluding carboxylic acids is 1. The van der Waals surface area contributed by atoms with Gasteiger partial charge in [-0.2, -0.15) is 0 Å². The molecule has 0 atom stereocenters. The molecule has 0 aliphatic heterocycles. The molecule has 0 fully saturated rings. The predicted octanol–water partition coefficient (Wildman–Crippen LogP) is 4.29. The van der Waals surface area contributed by atoms with Crippen LogP contribution in [0.2, 0.25) is 0 Å². The molecular formula is C20H25N3O3S. The first kappa shape index (κ1) is 20.5. The molecule has 0 aliphatic rings. The summed E-state index contributed by atoms with van der Waals surface area (Å²) < 4.78 is 11.1. The van der Waals surface area contributed by atoms with E-state index in [0.717, 1.165) is 11.4 Å². The number of benzene rings is 2. The van der Waals surface area contributed by atoms with Gasteiger partial charge in [0.05, 0.1) is 5.69 Å². The smallest absolute Gasteiger partial charge is 0.407 e. The fourth-order valence-corrected chi connectivity index (χ4v) is 2.31. The second-order valence-electron chi connectivity index (χ2n) is 6.72. The summed E-state index contributed by atoms with van der Waals surface area (Å²) in [7, 11) is 0. The number of alkyl carbamates (subject to hydrolysis) is 1. The van der Waals surface area contributed by atoms with Crippen molar-refractivity contribution in [3.8, 4) is 11.5 Å². The Bertz CT molecular complexity index is 761. The van der Waals surface area contributed by atoms with Gasteiger partial charge in [-0.1, -0.05) is 30.3 Å². The molecule has 144 valence electrons. The molecule has 0 bridgehead atoms. The van der Waals surface area contributed by atoms with Crippen molar-refractivity contribution in [1.29, 1.82) is 0 Å². The molecule has 3 N–H and O–H groups in total. The van der Waals surface area contributed by atoms with E-state index in [-0.39, 0.29) is 0 Å². The van der Waals surface area contributed by atoms with Crippen LogP contribution in [0.15, 0.2) is 54.6 Å². The van der Waals surface area contributed by atoms with Crippen LogP contribution in [0.25, 0.3) is 0 Å². The van der Waals surface area contributed by atoms with Gasteiger partial charge >= 0.3 is 6.09 Å². The van der Waals surface area contributed by atoms with Crippen LogP contribution in [-0.2, 0) is 4.74 Å². The summed E-state index contributed by atoms with van der Waals surface area (Å²) in [6.07, 6.45) is -0.454. The van der Waals surface area contributed by atoms with Gasteiger partial charge < -0.3 is 25.4 Å². The molecule has 0 saturated carbocycles. The topological polar surface area (TPSA) is 71.6 Å². The van der Waals surface area contributed by atoms with E-state index in [2.05, 4.69) is 16.0 Å². The first-order valence-electron chi connectivity index (χ1n) is 8.67. The van der Waals surface area contributed by atoms with Crippen molar-refractivity contribution in [2.24, 2.45) is 0 Å². The Morgan fingerprint density at radius 2 is 1.59 bits per heavy atom. The van der Waals surface area contributed by atoms with Crippen LogP contribution >= 0.6 is 12.2 Å². The van der Waals surface area contributed by atoms with Gasteiger partial charge in [0, 0.05) is 13.1 Å². The number of thiocarbonyl (C=S) groups is 1. The van der Waals surface area contributed by atoms with Crippen LogP contribution in [0.4, 0.5) is 10.5 Å². The Hall–Kier alpha value is -2.80. The first-order valence-corrected chi connectivity index (χ1v) is 9.08. The van der Waals surface area contributed by atoms with Crippen molar-refractivity contribution in [3.05, 3.63) is 54.6 Å². The highest BCUT2D eigenvalue weighted by Gasteiger charge is 2.15. The van der Waals surface area contributed by atoms with E-state index in [1.807, 2.05) is 75.4 Å². The van der Waals surface area contributed by atoms with Crippen LogP contribution < -0.4 is 20.7 Å². The van der Waals surface area contributed by atoms with Crippen molar-refractivity contribution in [1.82, 2.24) is 10.6 Å². The number of hydrogen-bond donors (Lipinski definition) is 3. The summed E-state index contributed by atoms with van der Waals surface area (Å²) in [5.74, 6) is 1.41. The normalized spacial score (nSPS) is 10.6. The third kappa shape index (κ3) is 7.96. The summed E-state index contributed by atoms with van der Waals surface area (Å²) in [5.41, 5.74) is 0.232.